The van der Waals surface area contributed by atoms with Gasteiger partial charge in [0.1, 0.15) is 6.04 Å². The van der Waals surface area contributed by atoms with E-state index in [2.05, 4.69) is 21.3 Å². The Kier molecular flexibility index (Phi) is 5.82. The molecule has 2 aromatic carbocycles. The lowest BCUT2D eigenvalue weighted by molar-refractivity contribution is -0.232. The van der Waals surface area contributed by atoms with Crippen molar-refractivity contribution in [2.45, 2.75) is 49.3 Å². The fourth-order valence-electron chi connectivity index (χ4n) is 6.40. The van der Waals surface area contributed by atoms with E-state index in [1.54, 1.807) is 12.1 Å². The van der Waals surface area contributed by atoms with E-state index in [0.29, 0.717) is 5.56 Å². The van der Waals surface area contributed by atoms with Crippen LogP contribution in [0.1, 0.15) is 28.8 Å². The minimum atomic E-state index is -2.67. The number of guanidine groups is 2. The lowest BCUT2D eigenvalue weighted by atomic mass is 9.84. The van der Waals surface area contributed by atoms with Crippen LogP contribution < -0.4 is 21.3 Å². The molecule has 0 bridgehead atoms. The highest BCUT2D eigenvalue weighted by molar-refractivity contribution is 6.02. The van der Waals surface area contributed by atoms with Crippen molar-refractivity contribution in [1.82, 2.24) is 31.1 Å². The van der Waals surface area contributed by atoms with E-state index in [1.165, 1.54) is 4.90 Å². The van der Waals surface area contributed by atoms with E-state index < -0.39 is 35.5 Å². The second kappa shape index (κ2) is 9.03. The average Bonchev–Trinajstić information content (AvgIpc) is 3.52. The number of likely N-dealkylation sites (tertiary alicyclic amines) is 1. The highest BCUT2D eigenvalue weighted by atomic mass is 16.5. The second-order valence-corrected chi connectivity index (χ2v) is 10.6. The van der Waals surface area contributed by atoms with Crippen LogP contribution in [0.4, 0.5) is 0 Å². The summed E-state index contributed by atoms with van der Waals surface area (Å²) in [6.45, 7) is 1.54. The van der Waals surface area contributed by atoms with Crippen LogP contribution in [0.15, 0.2) is 48.5 Å². The van der Waals surface area contributed by atoms with E-state index in [0.717, 1.165) is 21.6 Å². The number of carbonyl (C=O) groups excluding carboxylic acids is 3. The number of amides is 3. The van der Waals surface area contributed by atoms with E-state index in [1.807, 2.05) is 43.3 Å². The van der Waals surface area contributed by atoms with Crippen molar-refractivity contribution in [1.29, 1.82) is 10.8 Å². The number of imide groups is 1. The van der Waals surface area contributed by atoms with Crippen molar-refractivity contribution in [3.05, 3.63) is 59.7 Å². The van der Waals surface area contributed by atoms with Crippen molar-refractivity contribution in [2.75, 3.05) is 13.1 Å². The summed E-state index contributed by atoms with van der Waals surface area (Å²) in [4.78, 5) is 40.5. The molecule has 0 radical (unpaired) electrons. The van der Waals surface area contributed by atoms with Crippen LogP contribution >= 0.6 is 0 Å². The lowest BCUT2D eigenvalue weighted by Gasteiger charge is -2.51. The van der Waals surface area contributed by atoms with Gasteiger partial charge in [-0.25, -0.2) is 0 Å². The Morgan fingerprint density at radius 1 is 1.05 bits per heavy atom. The highest BCUT2D eigenvalue weighted by Crippen LogP contribution is 2.43. The number of rotatable bonds is 5. The molecule has 0 aliphatic carbocycles. The minimum absolute atomic E-state index is 0.0926. The average molecular weight is 547 g/mol. The van der Waals surface area contributed by atoms with Gasteiger partial charge in [0.15, 0.2) is 17.6 Å². The van der Waals surface area contributed by atoms with Gasteiger partial charge >= 0.3 is 0 Å². The molecule has 6 rings (SSSR count). The Bertz CT molecular complexity index is 1430. The zero-order valence-electron chi connectivity index (χ0n) is 21.7. The van der Waals surface area contributed by atoms with Gasteiger partial charge in [0.05, 0.1) is 18.6 Å². The number of nitrogens with one attached hydrogen (secondary N) is 6. The predicted molar refractivity (Wildman–Crippen MR) is 143 cm³/mol. The van der Waals surface area contributed by atoms with Gasteiger partial charge in [-0.3, -0.25) is 30.1 Å². The lowest BCUT2D eigenvalue weighted by Crippen LogP contribution is -2.81. The van der Waals surface area contributed by atoms with Gasteiger partial charge in [-0.2, -0.15) is 0 Å². The molecule has 4 atom stereocenters. The minimum Gasteiger partial charge on any atom is -0.361 e. The molecule has 4 unspecified atom stereocenters. The highest BCUT2D eigenvalue weighted by Gasteiger charge is 2.74. The van der Waals surface area contributed by atoms with E-state index in [4.69, 9.17) is 10.8 Å². The Morgan fingerprint density at radius 2 is 1.75 bits per heavy atom. The Labute approximate surface area is 229 Å². The van der Waals surface area contributed by atoms with Gasteiger partial charge in [-0.1, -0.05) is 42.5 Å². The summed E-state index contributed by atoms with van der Waals surface area (Å²) in [5.41, 5.74) is 1.05. The quantitative estimate of drug-likeness (QED) is 0.172. The molecular formula is C27H30N8O5. The zero-order chi connectivity index (χ0) is 28.4. The third kappa shape index (κ3) is 3.65. The number of benzene rings is 2. The smallest absolute Gasteiger partial charge is 0.252 e. The molecule has 0 aromatic heterocycles. The van der Waals surface area contributed by atoms with Gasteiger partial charge in [0.2, 0.25) is 17.6 Å². The maximum absolute atomic E-state index is 13.5. The van der Waals surface area contributed by atoms with Crippen LogP contribution in [0.25, 0.3) is 11.1 Å². The summed E-state index contributed by atoms with van der Waals surface area (Å²) in [7, 11) is 0. The third-order valence-corrected chi connectivity index (χ3v) is 8.40. The van der Waals surface area contributed by atoms with Crippen LogP contribution in [-0.2, 0) is 9.59 Å². The number of aliphatic hydroxyl groups is 2. The molecule has 2 aromatic rings. The summed E-state index contributed by atoms with van der Waals surface area (Å²) in [5, 5.41) is 51.6. The maximum Gasteiger partial charge on any atom is 0.252 e. The molecule has 13 heteroatoms. The van der Waals surface area contributed by atoms with Crippen LogP contribution in [0.5, 0.6) is 0 Å². The van der Waals surface area contributed by atoms with Crippen molar-refractivity contribution in [3.63, 3.8) is 0 Å². The van der Waals surface area contributed by atoms with Crippen LogP contribution in [0, 0.1) is 17.7 Å². The molecule has 4 heterocycles. The van der Waals surface area contributed by atoms with Gasteiger partial charge in [0.25, 0.3) is 5.91 Å². The monoisotopic (exact) mass is 546 g/mol. The first kappa shape index (κ1) is 25.8. The molecule has 40 heavy (non-hydrogen) atoms. The van der Waals surface area contributed by atoms with E-state index in [-0.39, 0.29) is 49.7 Å². The van der Waals surface area contributed by atoms with Crippen molar-refractivity contribution in [3.8, 4) is 11.1 Å². The SMILES string of the molecule is Cc1c(C(=O)NC2CN3C(=N)NC(CN4C(=O)CCC4=O)C4NC(=N)NC43C2(O)O)cccc1-c1ccccc1. The fraction of sp³-hybridized carbons (Fsp3) is 0.370. The molecule has 4 aliphatic heterocycles. The molecule has 208 valence electrons. The number of hydrogen-bond donors (Lipinski definition) is 8. The normalized spacial score (nSPS) is 28.5. The number of nitrogens with zero attached hydrogens (tertiary/aromatic N) is 2. The molecule has 8 N–H and O–H groups in total. The summed E-state index contributed by atoms with van der Waals surface area (Å²) in [6.07, 6.45) is 0.185. The largest absolute Gasteiger partial charge is 0.361 e. The Balaban J connectivity index is 1.30. The summed E-state index contributed by atoms with van der Waals surface area (Å²) in [6, 6.07) is 11.9. The van der Waals surface area contributed by atoms with E-state index >= 15 is 0 Å². The molecule has 0 saturated carbocycles. The zero-order valence-corrected chi connectivity index (χ0v) is 21.7. The second-order valence-electron chi connectivity index (χ2n) is 10.6. The van der Waals surface area contributed by atoms with Crippen molar-refractivity contribution in [2.24, 2.45) is 0 Å². The predicted octanol–water partition coefficient (Wildman–Crippen LogP) is -0.995. The van der Waals surface area contributed by atoms with Crippen LogP contribution in [-0.4, -0.2) is 92.3 Å². The van der Waals surface area contributed by atoms with Gasteiger partial charge in [-0.05, 0) is 29.7 Å². The summed E-state index contributed by atoms with van der Waals surface area (Å²) in [5.74, 6) is -4.30. The van der Waals surface area contributed by atoms with Gasteiger partial charge in [0, 0.05) is 24.9 Å². The van der Waals surface area contributed by atoms with Crippen molar-refractivity contribution < 1.29 is 24.6 Å². The molecule has 4 aliphatic rings. The molecule has 13 nitrogen and oxygen atoms in total. The first-order valence-corrected chi connectivity index (χ1v) is 13.0. The van der Waals surface area contributed by atoms with Gasteiger partial charge in [-0.15, -0.1) is 0 Å². The molecule has 3 amide bonds. The molecule has 4 fully saturated rings. The standard InChI is InChI=1S/C27H30N8O5/c1-14-16(15-6-3-2-4-7-15)8-5-9-17(14)23(38)31-19-13-35-25(29)30-18(12-34-20(36)10-11-21(34)37)22-26(35,27(19,39)40)33-24(28)32-22/h2-9,18-19,22,39-40H,10-13H2,1H3,(H2,29,30)(H,31,38)(H3,28,32,33). The first-order chi connectivity index (χ1) is 19.0. The number of hydrogen-bond acceptors (Lipinski definition) is 7. The Morgan fingerprint density at radius 3 is 2.45 bits per heavy atom. The summed E-state index contributed by atoms with van der Waals surface area (Å²) >= 11 is 0. The van der Waals surface area contributed by atoms with Crippen LogP contribution in [0.3, 0.4) is 0 Å². The van der Waals surface area contributed by atoms with E-state index in [9.17, 15) is 24.6 Å². The molecular weight excluding hydrogens is 516 g/mol. The van der Waals surface area contributed by atoms with Gasteiger partial charge < -0.3 is 36.4 Å². The number of carbonyl (C=O) groups is 3. The molecule has 1 spiro atoms. The summed E-state index contributed by atoms with van der Waals surface area (Å²) < 4.78 is 0. The van der Waals surface area contributed by atoms with Crippen molar-refractivity contribution >= 4 is 29.6 Å². The third-order valence-electron chi connectivity index (χ3n) is 8.40. The molecule has 4 saturated heterocycles. The Hall–Kier alpha value is -4.49. The van der Waals surface area contributed by atoms with Crippen LogP contribution in [0.2, 0.25) is 0 Å². The topological polar surface area (TPSA) is 194 Å². The fourth-order valence-corrected chi connectivity index (χ4v) is 6.40. The first-order valence-electron chi connectivity index (χ1n) is 13.0. The maximum atomic E-state index is 13.5.